The van der Waals surface area contributed by atoms with Gasteiger partial charge in [-0.3, -0.25) is 14.9 Å². The van der Waals surface area contributed by atoms with Crippen LogP contribution in [-0.4, -0.2) is 16.4 Å². The lowest BCUT2D eigenvalue weighted by Gasteiger charge is -2.11. The molecule has 1 heterocycles. The molecule has 0 spiro atoms. The van der Waals surface area contributed by atoms with Crippen molar-refractivity contribution in [2.45, 2.75) is 25.2 Å². The average molecular weight is 404 g/mol. The van der Waals surface area contributed by atoms with E-state index in [4.69, 9.17) is 4.74 Å². The molecule has 4 nitrogen and oxygen atoms in total. The van der Waals surface area contributed by atoms with Crippen LogP contribution < -0.4 is 10.1 Å². The first-order valence-electron chi connectivity index (χ1n) is 9.46. The van der Waals surface area contributed by atoms with Crippen LogP contribution in [0.4, 0.5) is 4.79 Å². The minimum atomic E-state index is -0.349. The molecule has 1 N–H and O–H groups in total. The van der Waals surface area contributed by atoms with E-state index in [9.17, 15) is 9.59 Å². The molecule has 0 radical (unpaired) electrons. The summed E-state index contributed by atoms with van der Waals surface area (Å²) in [6.07, 6.45) is 0.529. The van der Waals surface area contributed by atoms with Crippen LogP contribution in [0.25, 0.3) is 11.1 Å². The second kappa shape index (κ2) is 8.53. The highest BCUT2D eigenvalue weighted by atomic mass is 32.2. The highest BCUT2D eigenvalue weighted by molar-refractivity contribution is 8.15. The van der Waals surface area contributed by atoms with Crippen molar-refractivity contribution in [3.8, 4) is 16.9 Å². The fraction of sp³-hybridized carbons (Fsp3) is 0.167. The van der Waals surface area contributed by atoms with Gasteiger partial charge in [0.2, 0.25) is 5.91 Å². The quantitative estimate of drug-likeness (QED) is 0.620. The Labute approximate surface area is 174 Å². The second-order valence-corrected chi connectivity index (χ2v) is 8.21. The summed E-state index contributed by atoms with van der Waals surface area (Å²) in [6.45, 7) is 2.60. The Bertz CT molecular complexity index is 1050. The molecule has 5 heteroatoms. The predicted octanol–water partition coefficient (Wildman–Crippen LogP) is 5.14. The highest BCUT2D eigenvalue weighted by Crippen LogP contribution is 2.26. The second-order valence-electron chi connectivity index (χ2n) is 7.04. The normalized spacial score (nSPS) is 16.0. The van der Waals surface area contributed by atoms with E-state index in [-0.39, 0.29) is 16.4 Å². The van der Waals surface area contributed by atoms with E-state index in [1.165, 1.54) is 16.7 Å². The smallest absolute Gasteiger partial charge is 0.286 e. The Morgan fingerprint density at radius 3 is 2.45 bits per heavy atom. The fourth-order valence-corrected chi connectivity index (χ4v) is 4.22. The minimum Gasteiger partial charge on any atom is -0.489 e. The van der Waals surface area contributed by atoms with Crippen molar-refractivity contribution in [3.05, 3.63) is 89.5 Å². The topological polar surface area (TPSA) is 55.4 Å². The molecule has 1 saturated heterocycles. The third-order valence-corrected chi connectivity index (χ3v) is 5.88. The summed E-state index contributed by atoms with van der Waals surface area (Å²) in [6, 6.07) is 24.4. The number of thioether (sulfide) groups is 1. The van der Waals surface area contributed by atoms with E-state index in [0.717, 1.165) is 28.6 Å². The van der Waals surface area contributed by atoms with Crippen molar-refractivity contribution >= 4 is 22.9 Å². The van der Waals surface area contributed by atoms with Crippen LogP contribution in [0.2, 0.25) is 0 Å². The standard InChI is InChI=1S/C24H21NO3S/c1-16-5-2-3-8-21(16)19-7-4-6-18(13-19)15-28-20-11-9-17(10-12-20)14-22-23(26)25-24(27)29-22/h2-13,22H,14-15H2,1H3,(H,25,26,27). The first-order valence-corrected chi connectivity index (χ1v) is 10.3. The Morgan fingerprint density at radius 2 is 1.72 bits per heavy atom. The number of aryl methyl sites for hydroxylation is 1. The van der Waals surface area contributed by atoms with Gasteiger partial charge in [-0.05, 0) is 59.4 Å². The van der Waals surface area contributed by atoms with Crippen LogP contribution in [0.1, 0.15) is 16.7 Å². The summed E-state index contributed by atoms with van der Waals surface area (Å²) in [5.74, 6) is 0.559. The number of hydrogen-bond acceptors (Lipinski definition) is 4. The van der Waals surface area contributed by atoms with Gasteiger partial charge in [0.25, 0.3) is 5.24 Å². The predicted molar refractivity (Wildman–Crippen MR) is 116 cm³/mol. The van der Waals surface area contributed by atoms with Crippen molar-refractivity contribution < 1.29 is 14.3 Å². The molecule has 1 fully saturated rings. The molecule has 29 heavy (non-hydrogen) atoms. The molecule has 3 aromatic carbocycles. The van der Waals surface area contributed by atoms with Gasteiger partial charge in [0.1, 0.15) is 12.4 Å². The van der Waals surface area contributed by atoms with Gasteiger partial charge in [-0.1, -0.05) is 66.4 Å². The molecule has 1 atom stereocenters. The first kappa shape index (κ1) is 19.3. The Morgan fingerprint density at radius 1 is 0.931 bits per heavy atom. The number of carbonyl (C=O) groups is 2. The van der Waals surface area contributed by atoms with Crippen molar-refractivity contribution in [3.63, 3.8) is 0 Å². The van der Waals surface area contributed by atoms with E-state index in [1.807, 2.05) is 30.3 Å². The molecule has 3 aromatic rings. The molecule has 1 aliphatic heterocycles. The number of rotatable bonds is 6. The van der Waals surface area contributed by atoms with Crippen molar-refractivity contribution in [1.82, 2.24) is 5.32 Å². The molecule has 4 rings (SSSR count). The van der Waals surface area contributed by atoms with Gasteiger partial charge in [0.15, 0.2) is 0 Å². The van der Waals surface area contributed by atoms with Gasteiger partial charge in [-0.15, -0.1) is 0 Å². The number of ether oxygens (including phenoxy) is 1. The zero-order chi connectivity index (χ0) is 20.2. The summed E-state index contributed by atoms with van der Waals surface area (Å²) in [7, 11) is 0. The minimum absolute atomic E-state index is 0.214. The number of nitrogens with one attached hydrogen (secondary N) is 1. The van der Waals surface area contributed by atoms with E-state index in [1.54, 1.807) is 0 Å². The molecule has 0 aromatic heterocycles. The monoisotopic (exact) mass is 403 g/mol. The maximum absolute atomic E-state index is 11.7. The average Bonchev–Trinajstić information content (AvgIpc) is 3.05. The molecule has 0 aliphatic carbocycles. The third-order valence-electron chi connectivity index (χ3n) is 4.90. The van der Waals surface area contributed by atoms with Crippen LogP contribution >= 0.6 is 11.8 Å². The molecule has 0 saturated carbocycles. The Kier molecular flexibility index (Phi) is 5.67. The summed E-state index contributed by atoms with van der Waals surface area (Å²) >= 11 is 1.05. The summed E-state index contributed by atoms with van der Waals surface area (Å²) in [5, 5.41) is 1.70. The van der Waals surface area contributed by atoms with E-state index in [0.29, 0.717) is 13.0 Å². The van der Waals surface area contributed by atoms with Crippen LogP contribution in [0.15, 0.2) is 72.8 Å². The molecule has 0 bridgehead atoms. The number of imide groups is 1. The van der Waals surface area contributed by atoms with Gasteiger partial charge >= 0.3 is 0 Å². The van der Waals surface area contributed by atoms with Crippen LogP contribution in [0.5, 0.6) is 5.75 Å². The van der Waals surface area contributed by atoms with E-state index < -0.39 is 0 Å². The van der Waals surface area contributed by atoms with Crippen molar-refractivity contribution in [2.75, 3.05) is 0 Å². The van der Waals surface area contributed by atoms with Crippen LogP contribution in [0, 0.1) is 6.92 Å². The van der Waals surface area contributed by atoms with Crippen LogP contribution in [0.3, 0.4) is 0 Å². The zero-order valence-electron chi connectivity index (χ0n) is 16.1. The zero-order valence-corrected chi connectivity index (χ0v) is 16.9. The van der Waals surface area contributed by atoms with E-state index >= 15 is 0 Å². The van der Waals surface area contributed by atoms with Gasteiger partial charge in [0, 0.05) is 0 Å². The van der Waals surface area contributed by atoms with Crippen molar-refractivity contribution in [1.29, 1.82) is 0 Å². The fourth-order valence-electron chi connectivity index (χ4n) is 3.36. The van der Waals surface area contributed by atoms with Gasteiger partial charge in [-0.2, -0.15) is 0 Å². The lowest BCUT2D eigenvalue weighted by Crippen LogP contribution is -2.25. The molecular weight excluding hydrogens is 382 g/mol. The molecule has 2 amide bonds. The molecular formula is C24H21NO3S. The SMILES string of the molecule is Cc1ccccc1-c1cccc(COc2ccc(CC3SC(=O)NC3=O)cc2)c1. The van der Waals surface area contributed by atoms with Gasteiger partial charge < -0.3 is 4.74 Å². The maximum Gasteiger partial charge on any atom is 0.286 e. The molecule has 1 aliphatic rings. The Hall–Kier alpha value is -3.05. The Balaban J connectivity index is 1.38. The summed E-state index contributed by atoms with van der Waals surface area (Å²) in [5.41, 5.74) is 5.76. The van der Waals surface area contributed by atoms with Crippen LogP contribution in [-0.2, 0) is 17.8 Å². The number of amides is 2. The van der Waals surface area contributed by atoms with E-state index in [2.05, 4.69) is 54.7 Å². The van der Waals surface area contributed by atoms with Gasteiger partial charge in [0.05, 0.1) is 5.25 Å². The maximum atomic E-state index is 11.7. The molecule has 146 valence electrons. The first-order chi connectivity index (χ1) is 14.1. The summed E-state index contributed by atoms with van der Waals surface area (Å²) < 4.78 is 5.94. The largest absolute Gasteiger partial charge is 0.489 e. The number of carbonyl (C=O) groups excluding carboxylic acids is 2. The third kappa shape index (κ3) is 4.69. The van der Waals surface area contributed by atoms with Gasteiger partial charge in [-0.25, -0.2) is 0 Å². The lowest BCUT2D eigenvalue weighted by molar-refractivity contribution is -0.118. The molecule has 1 unspecified atom stereocenters. The number of hydrogen-bond donors (Lipinski definition) is 1. The number of benzene rings is 3. The lowest BCUT2D eigenvalue weighted by atomic mass is 9.99. The summed E-state index contributed by atoms with van der Waals surface area (Å²) in [4.78, 5) is 23.0. The van der Waals surface area contributed by atoms with Crippen molar-refractivity contribution in [2.24, 2.45) is 0 Å². The highest BCUT2D eigenvalue weighted by Gasteiger charge is 2.31.